The second-order valence-corrected chi connectivity index (χ2v) is 6.97. The molecule has 0 aliphatic heterocycles. The van der Waals surface area contributed by atoms with Crippen molar-refractivity contribution < 1.29 is 0 Å². The first-order chi connectivity index (χ1) is 9.06. The monoisotopic (exact) mass is 324 g/mol. The largest absolute Gasteiger partial charge is 0.399 e. The van der Waals surface area contributed by atoms with E-state index < -0.39 is 0 Å². The third kappa shape index (κ3) is 4.22. The van der Waals surface area contributed by atoms with Crippen molar-refractivity contribution in [2.75, 3.05) is 12.3 Å². The Hall–Kier alpha value is -0.540. The topological polar surface area (TPSA) is 29.3 Å². The first kappa shape index (κ1) is 14.9. The lowest BCUT2D eigenvalue weighted by Crippen LogP contribution is -2.35. The summed E-state index contributed by atoms with van der Waals surface area (Å²) >= 11 is 3.64. The third-order valence-corrected chi connectivity index (χ3v) is 4.63. The molecule has 19 heavy (non-hydrogen) atoms. The Morgan fingerprint density at radius 1 is 1.32 bits per heavy atom. The lowest BCUT2D eigenvalue weighted by atomic mass is 10.1. The average molecular weight is 325 g/mol. The van der Waals surface area contributed by atoms with Crippen molar-refractivity contribution in [2.45, 2.75) is 52.1 Å². The van der Waals surface area contributed by atoms with E-state index in [-0.39, 0.29) is 0 Å². The van der Waals surface area contributed by atoms with Crippen LogP contribution in [0.4, 0.5) is 5.69 Å². The molecular weight excluding hydrogens is 300 g/mol. The van der Waals surface area contributed by atoms with Crippen LogP contribution in [-0.4, -0.2) is 17.5 Å². The van der Waals surface area contributed by atoms with Crippen molar-refractivity contribution >= 4 is 21.6 Å². The van der Waals surface area contributed by atoms with E-state index in [1.54, 1.807) is 0 Å². The molecular formula is C16H25BrN2. The molecule has 0 radical (unpaired) electrons. The van der Waals surface area contributed by atoms with Crippen molar-refractivity contribution in [3.63, 3.8) is 0 Å². The number of hydrogen-bond donors (Lipinski definition) is 1. The average Bonchev–Trinajstić information content (AvgIpc) is 2.84. The van der Waals surface area contributed by atoms with E-state index in [0.29, 0.717) is 5.92 Å². The van der Waals surface area contributed by atoms with Gasteiger partial charge in [0.05, 0.1) is 0 Å². The summed E-state index contributed by atoms with van der Waals surface area (Å²) in [5.74, 6) is 0.716. The van der Waals surface area contributed by atoms with Crippen LogP contribution in [-0.2, 0) is 6.54 Å². The quantitative estimate of drug-likeness (QED) is 0.812. The minimum Gasteiger partial charge on any atom is -0.399 e. The third-order valence-electron chi connectivity index (χ3n) is 3.89. The van der Waals surface area contributed by atoms with Gasteiger partial charge in [0, 0.05) is 29.3 Å². The van der Waals surface area contributed by atoms with Gasteiger partial charge in [0.2, 0.25) is 0 Å². The molecule has 3 heteroatoms. The van der Waals surface area contributed by atoms with Crippen LogP contribution in [0.2, 0.25) is 0 Å². The van der Waals surface area contributed by atoms with Crippen LogP contribution in [0.3, 0.4) is 0 Å². The molecule has 2 N–H and O–H groups in total. The van der Waals surface area contributed by atoms with Gasteiger partial charge in [-0.25, -0.2) is 0 Å². The van der Waals surface area contributed by atoms with Crippen LogP contribution in [0.1, 0.15) is 45.1 Å². The van der Waals surface area contributed by atoms with Crippen LogP contribution in [0.15, 0.2) is 22.7 Å². The molecule has 1 saturated carbocycles. The maximum atomic E-state index is 5.82. The smallest absolute Gasteiger partial charge is 0.0325 e. The van der Waals surface area contributed by atoms with Gasteiger partial charge < -0.3 is 5.73 Å². The Morgan fingerprint density at radius 3 is 2.58 bits per heavy atom. The minimum absolute atomic E-state index is 0.716. The second kappa shape index (κ2) is 6.76. The summed E-state index contributed by atoms with van der Waals surface area (Å²) in [5, 5.41) is 0. The Kier molecular flexibility index (Phi) is 5.28. The summed E-state index contributed by atoms with van der Waals surface area (Å²) in [6.45, 7) is 6.82. The molecule has 0 bridgehead atoms. The summed E-state index contributed by atoms with van der Waals surface area (Å²) in [5.41, 5.74) is 7.99. The van der Waals surface area contributed by atoms with Gasteiger partial charge in [-0.05, 0) is 36.5 Å². The number of halogens is 1. The van der Waals surface area contributed by atoms with E-state index in [9.17, 15) is 0 Å². The molecule has 0 aromatic heterocycles. The lowest BCUT2D eigenvalue weighted by molar-refractivity contribution is 0.168. The fourth-order valence-electron chi connectivity index (χ4n) is 2.99. The number of benzene rings is 1. The molecule has 1 aliphatic carbocycles. The Morgan fingerprint density at radius 2 is 2.00 bits per heavy atom. The first-order valence-electron chi connectivity index (χ1n) is 7.34. The van der Waals surface area contributed by atoms with Gasteiger partial charge in [0.25, 0.3) is 0 Å². The SMILES string of the molecule is CC(C)CN(Cc1ccc(N)cc1Br)C1CCCC1. The van der Waals surface area contributed by atoms with Gasteiger partial charge in [-0.2, -0.15) is 0 Å². The second-order valence-electron chi connectivity index (χ2n) is 6.11. The predicted octanol–water partition coefficient (Wildman–Crippen LogP) is 4.43. The molecule has 0 saturated heterocycles. The zero-order valence-corrected chi connectivity index (χ0v) is 13.6. The van der Waals surface area contributed by atoms with E-state index in [2.05, 4.69) is 40.7 Å². The fraction of sp³-hybridized carbons (Fsp3) is 0.625. The highest BCUT2D eigenvalue weighted by Gasteiger charge is 2.23. The van der Waals surface area contributed by atoms with Crippen LogP contribution < -0.4 is 5.73 Å². The molecule has 0 amide bonds. The minimum atomic E-state index is 0.716. The number of nitrogen functional groups attached to an aromatic ring is 1. The molecule has 1 aromatic carbocycles. The summed E-state index contributed by atoms with van der Waals surface area (Å²) in [6, 6.07) is 6.94. The standard InChI is InChI=1S/C16H25BrN2/c1-12(2)10-19(15-5-3-4-6-15)11-13-7-8-14(18)9-16(13)17/h7-9,12,15H,3-6,10-11,18H2,1-2H3. The molecule has 0 heterocycles. The highest BCUT2D eigenvalue weighted by molar-refractivity contribution is 9.10. The highest BCUT2D eigenvalue weighted by atomic mass is 79.9. The van der Waals surface area contributed by atoms with Gasteiger partial charge in [-0.1, -0.05) is 48.7 Å². The predicted molar refractivity (Wildman–Crippen MR) is 86.1 cm³/mol. The van der Waals surface area contributed by atoms with Crippen LogP contribution in [0.25, 0.3) is 0 Å². The van der Waals surface area contributed by atoms with E-state index in [4.69, 9.17) is 5.73 Å². The van der Waals surface area contributed by atoms with Crippen molar-refractivity contribution in [2.24, 2.45) is 5.92 Å². The van der Waals surface area contributed by atoms with E-state index in [0.717, 1.165) is 22.7 Å². The van der Waals surface area contributed by atoms with Gasteiger partial charge in [-0.3, -0.25) is 4.90 Å². The molecule has 1 aromatic rings. The van der Waals surface area contributed by atoms with Crippen molar-refractivity contribution in [1.82, 2.24) is 4.90 Å². The highest BCUT2D eigenvalue weighted by Crippen LogP contribution is 2.28. The number of nitrogens with zero attached hydrogens (tertiary/aromatic N) is 1. The summed E-state index contributed by atoms with van der Waals surface area (Å²) in [6.07, 6.45) is 5.50. The molecule has 1 fully saturated rings. The maximum absolute atomic E-state index is 5.82. The Balaban J connectivity index is 2.09. The van der Waals surface area contributed by atoms with E-state index >= 15 is 0 Å². The van der Waals surface area contributed by atoms with E-state index in [1.807, 2.05) is 12.1 Å². The normalized spacial score (nSPS) is 16.7. The van der Waals surface area contributed by atoms with E-state index in [1.165, 1.54) is 37.8 Å². The molecule has 0 unspecified atom stereocenters. The number of hydrogen-bond acceptors (Lipinski definition) is 2. The molecule has 2 rings (SSSR count). The Bertz CT molecular complexity index is 411. The number of nitrogens with two attached hydrogens (primary N) is 1. The molecule has 106 valence electrons. The molecule has 0 atom stereocenters. The summed E-state index contributed by atoms with van der Waals surface area (Å²) in [7, 11) is 0. The first-order valence-corrected chi connectivity index (χ1v) is 8.13. The van der Waals surface area contributed by atoms with Gasteiger partial charge in [-0.15, -0.1) is 0 Å². The van der Waals surface area contributed by atoms with Crippen molar-refractivity contribution in [3.8, 4) is 0 Å². The van der Waals surface area contributed by atoms with Crippen LogP contribution in [0.5, 0.6) is 0 Å². The van der Waals surface area contributed by atoms with Gasteiger partial charge >= 0.3 is 0 Å². The van der Waals surface area contributed by atoms with Crippen LogP contribution >= 0.6 is 15.9 Å². The molecule has 0 spiro atoms. The van der Waals surface area contributed by atoms with Gasteiger partial charge in [0.15, 0.2) is 0 Å². The number of anilines is 1. The molecule has 2 nitrogen and oxygen atoms in total. The number of rotatable bonds is 5. The zero-order chi connectivity index (χ0) is 13.8. The van der Waals surface area contributed by atoms with Crippen molar-refractivity contribution in [3.05, 3.63) is 28.2 Å². The van der Waals surface area contributed by atoms with Crippen LogP contribution in [0, 0.1) is 5.92 Å². The summed E-state index contributed by atoms with van der Waals surface area (Å²) in [4.78, 5) is 2.66. The summed E-state index contributed by atoms with van der Waals surface area (Å²) < 4.78 is 1.14. The zero-order valence-electron chi connectivity index (χ0n) is 12.0. The van der Waals surface area contributed by atoms with Crippen molar-refractivity contribution in [1.29, 1.82) is 0 Å². The van der Waals surface area contributed by atoms with Gasteiger partial charge in [0.1, 0.15) is 0 Å². The fourth-order valence-corrected chi connectivity index (χ4v) is 3.51. The lowest BCUT2D eigenvalue weighted by Gasteiger charge is -2.30. The Labute approximate surface area is 125 Å². The molecule has 1 aliphatic rings. The maximum Gasteiger partial charge on any atom is 0.0325 e.